The molecule has 0 saturated heterocycles. The molecule has 92 valence electrons. The van der Waals surface area contributed by atoms with Crippen LogP contribution in [-0.4, -0.2) is 31.9 Å². The van der Waals surface area contributed by atoms with Crippen molar-refractivity contribution in [2.45, 2.75) is 26.3 Å². The van der Waals surface area contributed by atoms with Crippen molar-refractivity contribution in [3.63, 3.8) is 0 Å². The highest BCUT2D eigenvalue weighted by atomic mass is 16.6. The molecule has 0 aliphatic rings. The monoisotopic (exact) mass is 228 g/mol. The lowest BCUT2D eigenvalue weighted by atomic mass is 10.4. The van der Waals surface area contributed by atoms with Gasteiger partial charge >= 0.3 is 6.08 Å². The first-order chi connectivity index (χ1) is 7.86. The van der Waals surface area contributed by atoms with Gasteiger partial charge in [0, 0.05) is 26.7 Å². The molecule has 0 saturated carbocycles. The van der Waals surface area contributed by atoms with E-state index in [1.54, 1.807) is 13.4 Å². The molecule has 0 aliphatic carbocycles. The molecule has 0 spiro atoms. The smallest absolute Gasteiger partial charge is 0.393 e. The van der Waals surface area contributed by atoms with E-state index >= 15 is 0 Å². The second kappa shape index (κ2) is 8.13. The van der Waals surface area contributed by atoms with Crippen LogP contribution >= 0.6 is 0 Å². The summed E-state index contributed by atoms with van der Waals surface area (Å²) in [6.07, 6.45) is 3.90. The molecule has 0 radical (unpaired) electrons. The quantitative estimate of drug-likeness (QED) is 0.650. The van der Waals surface area contributed by atoms with Crippen LogP contribution in [0.15, 0.2) is 10.7 Å². The van der Waals surface area contributed by atoms with Gasteiger partial charge in [0.05, 0.1) is 12.3 Å². The van der Waals surface area contributed by atoms with Crippen LogP contribution in [0.2, 0.25) is 0 Å². The van der Waals surface area contributed by atoms with Crippen LogP contribution < -0.4 is 10.1 Å². The summed E-state index contributed by atoms with van der Waals surface area (Å²) in [5, 5.41) is 3.24. The highest BCUT2D eigenvalue weighted by molar-refractivity contribution is 4.99. The Kier molecular flexibility index (Phi) is 6.60. The largest absolute Gasteiger partial charge is 0.450 e. The minimum absolute atomic E-state index is 0.337. The van der Waals surface area contributed by atoms with Crippen molar-refractivity contribution in [1.82, 2.24) is 10.3 Å². The maximum absolute atomic E-state index is 5.31. The lowest BCUT2D eigenvalue weighted by molar-refractivity contribution is 0.157. The summed E-state index contributed by atoms with van der Waals surface area (Å²) in [5.74, 6) is 0. The fourth-order valence-electron chi connectivity index (χ4n) is 1.19. The molecule has 1 heterocycles. The predicted molar refractivity (Wildman–Crippen MR) is 60.5 cm³/mol. The van der Waals surface area contributed by atoms with Gasteiger partial charge in [0.25, 0.3) is 0 Å². The SMILES string of the molecule is CCCNCc1coc(OCCCOC)n1. The summed E-state index contributed by atoms with van der Waals surface area (Å²) in [5.41, 5.74) is 0.871. The minimum Gasteiger partial charge on any atom is -0.450 e. The summed E-state index contributed by atoms with van der Waals surface area (Å²) >= 11 is 0. The van der Waals surface area contributed by atoms with Crippen molar-refractivity contribution in [2.24, 2.45) is 0 Å². The summed E-state index contributed by atoms with van der Waals surface area (Å²) in [6.45, 7) is 5.08. The fourth-order valence-corrected chi connectivity index (χ4v) is 1.19. The van der Waals surface area contributed by atoms with Crippen LogP contribution in [0.3, 0.4) is 0 Å². The zero-order chi connectivity index (χ0) is 11.6. The second-order valence-electron chi connectivity index (χ2n) is 3.48. The standard InChI is InChI=1S/C11H20N2O3/c1-3-5-12-8-10-9-16-11(13-10)15-7-4-6-14-2/h9,12H,3-8H2,1-2H3. The number of nitrogens with zero attached hydrogens (tertiary/aromatic N) is 1. The van der Waals surface area contributed by atoms with Gasteiger partial charge < -0.3 is 19.2 Å². The molecule has 0 amide bonds. The van der Waals surface area contributed by atoms with Crippen LogP contribution in [0, 0.1) is 0 Å². The Bertz CT molecular complexity index is 276. The van der Waals surface area contributed by atoms with Gasteiger partial charge in [0.2, 0.25) is 0 Å². The van der Waals surface area contributed by atoms with Gasteiger partial charge in [-0.05, 0) is 13.0 Å². The van der Waals surface area contributed by atoms with Crippen LogP contribution in [0.5, 0.6) is 6.08 Å². The number of aromatic nitrogens is 1. The van der Waals surface area contributed by atoms with Gasteiger partial charge in [-0.3, -0.25) is 0 Å². The van der Waals surface area contributed by atoms with E-state index in [9.17, 15) is 0 Å². The molecule has 16 heavy (non-hydrogen) atoms. The maximum Gasteiger partial charge on any atom is 0.393 e. The van der Waals surface area contributed by atoms with Crippen molar-refractivity contribution in [2.75, 3.05) is 26.9 Å². The van der Waals surface area contributed by atoms with Crippen LogP contribution in [0.1, 0.15) is 25.5 Å². The third-order valence-corrected chi connectivity index (χ3v) is 1.98. The van der Waals surface area contributed by atoms with E-state index in [2.05, 4.69) is 17.2 Å². The highest BCUT2D eigenvalue weighted by Crippen LogP contribution is 2.10. The number of oxazole rings is 1. The summed E-state index contributed by atoms with van der Waals surface area (Å²) in [6, 6.07) is 0. The fraction of sp³-hybridized carbons (Fsp3) is 0.727. The van der Waals surface area contributed by atoms with Gasteiger partial charge in [-0.1, -0.05) is 6.92 Å². The molecule has 0 aromatic carbocycles. The van der Waals surface area contributed by atoms with Crippen molar-refractivity contribution < 1.29 is 13.9 Å². The lowest BCUT2D eigenvalue weighted by Crippen LogP contribution is -2.13. The number of ether oxygens (including phenoxy) is 2. The molecule has 0 bridgehead atoms. The van der Waals surface area contributed by atoms with E-state index in [0.29, 0.717) is 19.3 Å². The van der Waals surface area contributed by atoms with Gasteiger partial charge in [0.1, 0.15) is 6.26 Å². The molecule has 5 heteroatoms. The average Bonchev–Trinajstić information content (AvgIpc) is 2.73. The molecule has 1 aromatic rings. The van der Waals surface area contributed by atoms with E-state index in [1.165, 1.54) is 0 Å². The number of hydrogen-bond donors (Lipinski definition) is 1. The van der Waals surface area contributed by atoms with E-state index in [1.807, 2.05) is 0 Å². The van der Waals surface area contributed by atoms with Gasteiger partial charge in [0.15, 0.2) is 0 Å². The maximum atomic E-state index is 5.31. The normalized spacial score (nSPS) is 10.6. The molecular weight excluding hydrogens is 208 g/mol. The van der Waals surface area contributed by atoms with Crippen LogP contribution in [-0.2, 0) is 11.3 Å². The zero-order valence-electron chi connectivity index (χ0n) is 9.99. The number of rotatable bonds is 9. The van der Waals surface area contributed by atoms with E-state index in [-0.39, 0.29) is 0 Å². The highest BCUT2D eigenvalue weighted by Gasteiger charge is 2.03. The van der Waals surface area contributed by atoms with E-state index in [4.69, 9.17) is 13.9 Å². The Morgan fingerprint density at radius 3 is 3.06 bits per heavy atom. The minimum atomic E-state index is 0.337. The van der Waals surface area contributed by atoms with E-state index < -0.39 is 0 Å². The Morgan fingerprint density at radius 2 is 2.31 bits per heavy atom. The summed E-state index contributed by atoms with van der Waals surface area (Å²) in [7, 11) is 1.67. The molecule has 1 aromatic heterocycles. The van der Waals surface area contributed by atoms with Crippen molar-refractivity contribution in [3.05, 3.63) is 12.0 Å². The number of hydrogen-bond acceptors (Lipinski definition) is 5. The topological polar surface area (TPSA) is 56.5 Å². The Hall–Kier alpha value is -1.07. The van der Waals surface area contributed by atoms with Crippen LogP contribution in [0.4, 0.5) is 0 Å². The Labute approximate surface area is 96.1 Å². The van der Waals surface area contributed by atoms with Crippen molar-refractivity contribution >= 4 is 0 Å². The molecule has 5 nitrogen and oxygen atoms in total. The third-order valence-electron chi connectivity index (χ3n) is 1.98. The van der Waals surface area contributed by atoms with Crippen molar-refractivity contribution in [3.8, 4) is 6.08 Å². The number of methoxy groups -OCH3 is 1. The third kappa shape index (κ3) is 5.14. The second-order valence-corrected chi connectivity index (χ2v) is 3.48. The molecule has 1 rings (SSSR count). The molecule has 0 atom stereocenters. The van der Waals surface area contributed by atoms with Crippen LogP contribution in [0.25, 0.3) is 0 Å². The molecule has 0 aliphatic heterocycles. The van der Waals surface area contributed by atoms with Gasteiger partial charge in [-0.2, -0.15) is 4.98 Å². The molecule has 0 fully saturated rings. The van der Waals surface area contributed by atoms with Crippen molar-refractivity contribution in [1.29, 1.82) is 0 Å². The average molecular weight is 228 g/mol. The first kappa shape index (κ1) is 13.0. The Morgan fingerprint density at radius 1 is 1.44 bits per heavy atom. The first-order valence-corrected chi connectivity index (χ1v) is 5.63. The number of nitrogens with one attached hydrogen (secondary N) is 1. The van der Waals surface area contributed by atoms with E-state index in [0.717, 1.165) is 31.6 Å². The molecule has 1 N–H and O–H groups in total. The zero-order valence-corrected chi connectivity index (χ0v) is 9.99. The van der Waals surface area contributed by atoms with Gasteiger partial charge in [-0.25, -0.2) is 0 Å². The first-order valence-electron chi connectivity index (χ1n) is 5.63. The lowest BCUT2D eigenvalue weighted by Gasteiger charge is -1.99. The summed E-state index contributed by atoms with van der Waals surface area (Å²) < 4.78 is 15.4. The molecular formula is C11H20N2O3. The predicted octanol–water partition coefficient (Wildman–Crippen LogP) is 1.59. The Balaban J connectivity index is 2.17. The van der Waals surface area contributed by atoms with Gasteiger partial charge in [-0.15, -0.1) is 0 Å². The molecule has 0 unspecified atom stereocenters. The summed E-state index contributed by atoms with van der Waals surface area (Å²) in [4.78, 5) is 4.19.